The van der Waals surface area contributed by atoms with Gasteiger partial charge in [0.25, 0.3) is 0 Å². The third kappa shape index (κ3) is 4.69. The van der Waals surface area contributed by atoms with E-state index >= 15 is 0 Å². The van der Waals surface area contributed by atoms with E-state index in [4.69, 9.17) is 5.73 Å². The molecule has 88 valence electrons. The first-order chi connectivity index (χ1) is 7.39. The van der Waals surface area contributed by atoms with Crippen molar-refractivity contribution in [3.8, 4) is 0 Å². The highest BCUT2D eigenvalue weighted by atomic mass is 32.2. The Hall–Kier alpha value is -0.980. The van der Waals surface area contributed by atoms with Gasteiger partial charge in [0.2, 0.25) is 10.0 Å². The van der Waals surface area contributed by atoms with Gasteiger partial charge in [-0.15, -0.1) is 0 Å². The molecule has 0 fully saturated rings. The molecule has 0 spiro atoms. The molecule has 0 aliphatic rings. The van der Waals surface area contributed by atoms with Crippen molar-refractivity contribution in [2.45, 2.75) is 13.5 Å². The van der Waals surface area contributed by atoms with Crippen molar-refractivity contribution < 1.29 is 8.42 Å². The number of thiocarbonyl (C=S) groups is 1. The summed E-state index contributed by atoms with van der Waals surface area (Å²) < 4.78 is 25.3. The van der Waals surface area contributed by atoms with Crippen molar-refractivity contribution in [2.24, 2.45) is 5.73 Å². The van der Waals surface area contributed by atoms with E-state index < -0.39 is 10.0 Å². The summed E-state index contributed by atoms with van der Waals surface area (Å²) in [5, 5.41) is 0. The minimum absolute atomic E-state index is 0.0308. The van der Waals surface area contributed by atoms with E-state index in [1.165, 1.54) is 0 Å². The van der Waals surface area contributed by atoms with Gasteiger partial charge in [-0.1, -0.05) is 42.0 Å². The number of aryl methyl sites for hydroxylation is 1. The Kier molecular flexibility index (Phi) is 4.40. The van der Waals surface area contributed by atoms with E-state index in [-0.39, 0.29) is 17.3 Å². The first-order valence-corrected chi connectivity index (χ1v) is 6.76. The highest BCUT2D eigenvalue weighted by molar-refractivity contribution is 7.92. The Morgan fingerprint density at radius 3 is 2.75 bits per heavy atom. The number of rotatable bonds is 5. The molecule has 0 aliphatic heterocycles. The van der Waals surface area contributed by atoms with Crippen LogP contribution in [-0.2, 0) is 16.6 Å². The lowest BCUT2D eigenvalue weighted by atomic mass is 10.1. The molecule has 0 aromatic heterocycles. The number of sulfonamides is 1. The van der Waals surface area contributed by atoms with Gasteiger partial charge in [0.15, 0.2) is 0 Å². The SMILES string of the molecule is Cc1cccc(CNS(=O)(=O)CC(N)=S)c1. The lowest BCUT2D eigenvalue weighted by Crippen LogP contribution is -2.31. The molecule has 3 N–H and O–H groups in total. The Balaban J connectivity index is 2.61. The van der Waals surface area contributed by atoms with Crippen LogP contribution in [0, 0.1) is 6.92 Å². The second-order valence-electron chi connectivity index (χ2n) is 3.54. The maximum Gasteiger partial charge on any atom is 0.218 e. The normalized spacial score (nSPS) is 11.3. The molecule has 0 bridgehead atoms. The molecular weight excluding hydrogens is 244 g/mol. The van der Waals surface area contributed by atoms with E-state index in [0.717, 1.165) is 11.1 Å². The van der Waals surface area contributed by atoms with E-state index in [2.05, 4.69) is 16.9 Å². The standard InChI is InChI=1S/C10H14N2O2S2/c1-8-3-2-4-9(5-8)6-12-16(13,14)7-10(11)15/h2-5,12H,6-7H2,1H3,(H2,11,15). The van der Waals surface area contributed by atoms with Gasteiger partial charge in [0.05, 0.1) is 4.99 Å². The van der Waals surface area contributed by atoms with Crippen LogP contribution in [0.3, 0.4) is 0 Å². The zero-order valence-electron chi connectivity index (χ0n) is 8.93. The summed E-state index contributed by atoms with van der Waals surface area (Å²) in [6.45, 7) is 2.21. The molecule has 1 aromatic carbocycles. The summed E-state index contributed by atoms with van der Waals surface area (Å²) in [7, 11) is -3.41. The van der Waals surface area contributed by atoms with Crippen molar-refractivity contribution in [3.63, 3.8) is 0 Å². The highest BCUT2D eigenvalue weighted by Gasteiger charge is 2.10. The van der Waals surface area contributed by atoms with Crippen LogP contribution in [0.4, 0.5) is 0 Å². The summed E-state index contributed by atoms with van der Waals surface area (Å²) in [4.78, 5) is -0.0308. The molecule has 0 saturated carbocycles. The first kappa shape index (κ1) is 13.1. The minimum Gasteiger partial charge on any atom is -0.392 e. The Morgan fingerprint density at radius 1 is 1.50 bits per heavy atom. The molecule has 0 unspecified atom stereocenters. The van der Waals surface area contributed by atoms with Crippen LogP contribution < -0.4 is 10.5 Å². The number of benzene rings is 1. The summed E-state index contributed by atoms with van der Waals surface area (Å²) in [5.74, 6) is -0.311. The van der Waals surface area contributed by atoms with Gasteiger partial charge in [0, 0.05) is 6.54 Å². The predicted molar refractivity (Wildman–Crippen MR) is 68.6 cm³/mol. The molecule has 1 rings (SSSR count). The number of nitrogens with one attached hydrogen (secondary N) is 1. The quantitative estimate of drug-likeness (QED) is 0.763. The van der Waals surface area contributed by atoms with Gasteiger partial charge < -0.3 is 5.73 Å². The summed E-state index contributed by atoms with van der Waals surface area (Å²) in [6, 6.07) is 7.61. The fraction of sp³-hybridized carbons (Fsp3) is 0.300. The van der Waals surface area contributed by atoms with Gasteiger partial charge in [-0.05, 0) is 12.5 Å². The van der Waals surface area contributed by atoms with E-state index in [1.54, 1.807) is 0 Å². The second-order valence-corrected chi connectivity index (χ2v) is 5.87. The summed E-state index contributed by atoms with van der Waals surface area (Å²) in [6.07, 6.45) is 0. The van der Waals surface area contributed by atoms with Gasteiger partial charge in [-0.3, -0.25) is 0 Å². The van der Waals surface area contributed by atoms with Gasteiger partial charge in [-0.2, -0.15) is 0 Å². The van der Waals surface area contributed by atoms with Crippen LogP contribution in [0.5, 0.6) is 0 Å². The van der Waals surface area contributed by atoms with E-state index in [0.29, 0.717) is 0 Å². The van der Waals surface area contributed by atoms with Crippen LogP contribution >= 0.6 is 12.2 Å². The van der Waals surface area contributed by atoms with Crippen molar-refractivity contribution in [2.75, 3.05) is 5.75 Å². The van der Waals surface area contributed by atoms with Crippen molar-refractivity contribution >= 4 is 27.2 Å². The maximum atomic E-state index is 11.4. The Morgan fingerprint density at radius 2 is 2.19 bits per heavy atom. The third-order valence-electron chi connectivity index (χ3n) is 1.91. The molecule has 6 heteroatoms. The summed E-state index contributed by atoms with van der Waals surface area (Å²) >= 11 is 4.55. The molecule has 0 atom stereocenters. The van der Waals surface area contributed by atoms with Crippen molar-refractivity contribution in [3.05, 3.63) is 35.4 Å². The van der Waals surface area contributed by atoms with Gasteiger partial charge >= 0.3 is 0 Å². The number of hydrogen-bond acceptors (Lipinski definition) is 3. The molecular formula is C10H14N2O2S2. The molecule has 0 amide bonds. The molecule has 4 nitrogen and oxygen atoms in total. The second kappa shape index (κ2) is 5.38. The van der Waals surface area contributed by atoms with Gasteiger partial charge in [0.1, 0.15) is 5.75 Å². The lowest BCUT2D eigenvalue weighted by molar-refractivity contribution is 0.585. The Bertz CT molecular complexity index is 483. The average molecular weight is 258 g/mol. The van der Waals surface area contributed by atoms with Crippen LogP contribution in [-0.4, -0.2) is 19.2 Å². The van der Waals surface area contributed by atoms with Crippen LogP contribution in [0.2, 0.25) is 0 Å². The zero-order valence-corrected chi connectivity index (χ0v) is 10.6. The lowest BCUT2D eigenvalue weighted by Gasteiger charge is -2.06. The number of hydrogen-bond donors (Lipinski definition) is 2. The predicted octanol–water partition coefficient (Wildman–Crippen LogP) is 0.701. The van der Waals surface area contributed by atoms with Crippen molar-refractivity contribution in [1.82, 2.24) is 4.72 Å². The smallest absolute Gasteiger partial charge is 0.218 e. The van der Waals surface area contributed by atoms with Crippen molar-refractivity contribution in [1.29, 1.82) is 0 Å². The third-order valence-corrected chi connectivity index (χ3v) is 3.51. The average Bonchev–Trinajstić information content (AvgIpc) is 2.13. The topological polar surface area (TPSA) is 72.2 Å². The molecule has 0 aliphatic carbocycles. The van der Waals surface area contributed by atoms with Crippen LogP contribution in [0.15, 0.2) is 24.3 Å². The van der Waals surface area contributed by atoms with E-state index in [9.17, 15) is 8.42 Å². The van der Waals surface area contributed by atoms with Crippen LogP contribution in [0.25, 0.3) is 0 Å². The van der Waals surface area contributed by atoms with E-state index in [1.807, 2.05) is 31.2 Å². The molecule has 0 saturated heterocycles. The molecule has 1 aromatic rings. The maximum absolute atomic E-state index is 11.4. The highest BCUT2D eigenvalue weighted by Crippen LogP contribution is 2.03. The Labute approximate surface area is 101 Å². The fourth-order valence-electron chi connectivity index (χ4n) is 1.25. The fourth-order valence-corrected chi connectivity index (χ4v) is 2.58. The largest absolute Gasteiger partial charge is 0.392 e. The zero-order chi connectivity index (χ0) is 12.2. The monoisotopic (exact) mass is 258 g/mol. The molecule has 0 radical (unpaired) electrons. The van der Waals surface area contributed by atoms with Crippen LogP contribution in [0.1, 0.15) is 11.1 Å². The number of nitrogens with two attached hydrogens (primary N) is 1. The first-order valence-electron chi connectivity index (χ1n) is 4.70. The molecule has 16 heavy (non-hydrogen) atoms. The summed E-state index contributed by atoms with van der Waals surface area (Å²) in [5.41, 5.74) is 7.18. The molecule has 0 heterocycles. The van der Waals surface area contributed by atoms with Gasteiger partial charge in [-0.25, -0.2) is 13.1 Å². The minimum atomic E-state index is -3.41.